The molecule has 0 saturated heterocycles. The van der Waals surface area contributed by atoms with E-state index in [-0.39, 0.29) is 0 Å². The van der Waals surface area contributed by atoms with Crippen LogP contribution in [0.25, 0.3) is 0 Å². The van der Waals surface area contributed by atoms with E-state index in [4.69, 9.17) is 60.3 Å². The molecule has 6 saturated carbocycles. The van der Waals surface area contributed by atoms with Crippen LogP contribution >= 0.6 is 0 Å². The Morgan fingerprint density at radius 2 is 0.590 bits per heavy atom. The SMILES string of the molecule is [2H]C([2H])(C)C([2H])([2H])C1(C([2H])([2H])C)CCCC1.[2H]C([2H])(C)C([2H])([2H])C1(C([2H])([2H])C)CCCCC1.[2H]C([2H])(C)C1(C([2H])([2H])C)C([2H])([2H])C([2H])([2H])C([2H])(C)C([2H])([2H])C1([2H])[2H].[2H]C([2H])(C)C1(C([2H])([2H])C)C([2H])([2H])C([2H])([2H])C([2H])(C)C1([2H])[2H].[2H]C([2H])(C)C1(C([2H])([2H])C)CCCC1.[2H]C([2H])(C)C1(C([2H])([2H])C)CCCCC1. The fraction of sp³-hybridized carbons (Fsp3) is 1.00. The van der Waals surface area contributed by atoms with E-state index in [0.29, 0.717) is 72.1 Å². The fourth-order valence-electron chi connectivity index (χ4n) is 8.59. The number of hydrogen-bond acceptors (Lipinski definition) is 0. The highest BCUT2D eigenvalue weighted by atomic mass is 14.4. The van der Waals surface area contributed by atoms with Gasteiger partial charge in [0, 0.05) is 60.3 Å². The van der Waals surface area contributed by atoms with Gasteiger partial charge in [0.05, 0.1) is 0 Å². The maximum Gasteiger partial charge on any atom is 0.0300 e. The van der Waals surface area contributed by atoms with E-state index < -0.39 is 178 Å². The zero-order valence-corrected chi connectivity index (χ0v) is 41.2. The Labute approximate surface area is 451 Å². The van der Waals surface area contributed by atoms with Crippen LogP contribution in [-0.2, 0) is 0 Å². The first-order chi connectivity index (χ1) is 45.1. The molecule has 0 aliphatic heterocycles. The molecule has 6 rings (SSSR count). The summed E-state index contributed by atoms with van der Waals surface area (Å²) >= 11 is 0. The van der Waals surface area contributed by atoms with Crippen LogP contribution in [0, 0.1) is 44.3 Å². The van der Waals surface area contributed by atoms with Crippen LogP contribution in [0.15, 0.2) is 0 Å². The van der Waals surface area contributed by atoms with Crippen molar-refractivity contribution in [2.45, 2.75) is 346 Å². The highest BCUT2D eigenvalue weighted by Gasteiger charge is 2.35. The van der Waals surface area contributed by atoms with Gasteiger partial charge in [0.15, 0.2) is 0 Å². The van der Waals surface area contributed by atoms with Gasteiger partial charge in [-0.3, -0.25) is 0 Å². The summed E-state index contributed by atoms with van der Waals surface area (Å²) in [5, 5.41) is 0. The molecule has 6 fully saturated rings. The molecular formula is C61H122. The third kappa shape index (κ3) is 20.6. The molecule has 0 heterocycles. The fourth-order valence-corrected chi connectivity index (χ4v) is 8.59. The third-order valence-corrected chi connectivity index (χ3v) is 13.1. The smallest absolute Gasteiger partial charge is 0.0300 e. The monoisotopic (exact) mass is 899 g/mol. The van der Waals surface area contributed by atoms with E-state index in [1.165, 1.54) is 55.4 Å². The van der Waals surface area contributed by atoms with E-state index in [2.05, 4.69) is 0 Å². The van der Waals surface area contributed by atoms with E-state index in [1.54, 1.807) is 0 Å². The first-order valence-corrected chi connectivity index (χ1v) is 23.1. The minimum Gasteiger partial charge on any atom is -0.0654 e. The minimum atomic E-state index is -3.54. The van der Waals surface area contributed by atoms with Crippen molar-refractivity contribution in [1.29, 1.82) is 0 Å². The van der Waals surface area contributed by atoms with Crippen LogP contribution in [0.5, 0.6) is 0 Å². The van der Waals surface area contributed by atoms with E-state index in [1.807, 2.05) is 0 Å². The number of hydrogen-bond donors (Lipinski definition) is 0. The predicted molar refractivity (Wildman–Crippen MR) is 281 cm³/mol. The van der Waals surface area contributed by atoms with Gasteiger partial charge in [-0.25, -0.2) is 0 Å². The average Bonchev–Trinajstić information content (AvgIpc) is 1.53. The van der Waals surface area contributed by atoms with Crippen molar-refractivity contribution in [2.75, 3.05) is 0 Å². The second kappa shape index (κ2) is 31.8. The summed E-state index contributed by atoms with van der Waals surface area (Å²) in [6.07, 6.45) is -38.7. The van der Waals surface area contributed by atoms with Gasteiger partial charge in [-0.15, -0.1) is 0 Å². The molecule has 0 heteroatoms. The minimum absolute atomic E-state index is 0.427. The molecule has 0 aromatic heterocycles. The van der Waals surface area contributed by atoms with Gasteiger partial charge < -0.3 is 0 Å². The van der Waals surface area contributed by atoms with Gasteiger partial charge in [0.25, 0.3) is 0 Å². The molecule has 0 N–H and O–H groups in total. The van der Waals surface area contributed by atoms with Crippen LogP contribution in [0.4, 0.5) is 0 Å². The maximum absolute atomic E-state index is 8.22. The van der Waals surface area contributed by atoms with Gasteiger partial charge in [0.1, 0.15) is 0 Å². The normalized spacial score (nSPS) is 46.9. The second-order valence-corrected chi connectivity index (χ2v) is 16.7. The van der Waals surface area contributed by atoms with Crippen molar-refractivity contribution in [3.05, 3.63) is 0 Å². The molecule has 0 nitrogen and oxygen atoms in total. The lowest BCUT2D eigenvalue weighted by Gasteiger charge is -2.38. The predicted octanol–water partition coefficient (Wildman–Crippen LogP) is 22.6. The summed E-state index contributed by atoms with van der Waals surface area (Å²) in [6.45, 7) is 15.9. The molecule has 366 valence electrons. The van der Waals surface area contributed by atoms with Crippen LogP contribution in [0.2, 0.25) is 0 Å². The molecule has 0 amide bonds. The summed E-state index contributed by atoms with van der Waals surface area (Å²) in [4.78, 5) is 0. The Bertz CT molecular complexity index is 2700. The van der Waals surface area contributed by atoms with Crippen LogP contribution in [0.3, 0.4) is 0 Å². The van der Waals surface area contributed by atoms with Crippen molar-refractivity contribution in [2.24, 2.45) is 44.3 Å². The third-order valence-electron chi connectivity index (χ3n) is 13.1. The standard InChI is InChI=1S/2C11H22.3C10H20.C9H18/c1-4-11(5-2)8-6-10(3)7-9-11;1-3-8-11(4-2)9-6-5-7-10-11;1-4-10(5-2)7-6-9(3)8-10;1-3-10(4-2)8-6-5-7-9-10;1-3-7-10(4-2)8-5-6-9-10;1-3-9(4-2)7-5-6-8-9/h10H,4-9H2,1-3H3;3-10H2,1-2H3;9H,4-8H2,1-3H3;2*3-9H2,1-2H3;3-8H2,1-2H3/i4D2,5D2,6D2,7D2,8D2,9D2,10D;3D2,4D2,8D2;4D2,5D2,6D2,7D2,8D2,9D;3D2,4D2;3D2,4D2,7D2;3D2,4D2. The maximum atomic E-state index is 8.22. The molecule has 1 unspecified atom stereocenters. The summed E-state index contributed by atoms with van der Waals surface area (Å²) in [5.41, 5.74) is -10.3. The van der Waals surface area contributed by atoms with Gasteiger partial charge in [0.2, 0.25) is 0 Å². The molecule has 0 radical (unpaired) electrons. The van der Waals surface area contributed by atoms with E-state index in [9.17, 15) is 0 Å². The topological polar surface area (TPSA) is 0 Å². The van der Waals surface area contributed by atoms with Crippen LogP contribution in [0.1, 0.15) is 407 Å². The van der Waals surface area contributed by atoms with Gasteiger partial charge in [-0.2, -0.15) is 0 Å². The Morgan fingerprint density at radius 1 is 0.344 bits per heavy atom. The van der Waals surface area contributed by atoms with Crippen molar-refractivity contribution in [3.63, 3.8) is 0 Å². The summed E-state index contributed by atoms with van der Waals surface area (Å²) in [5.74, 6) is -5.61. The summed E-state index contributed by atoms with van der Waals surface area (Å²) in [7, 11) is 0. The second-order valence-electron chi connectivity index (χ2n) is 16.7. The largest absolute Gasteiger partial charge is 0.0654 e. The first kappa shape index (κ1) is 19.9. The molecule has 6 aliphatic carbocycles. The molecule has 0 bridgehead atoms. The van der Waals surface area contributed by atoms with Gasteiger partial charge in [-0.1, -0.05) is 257 Å². The Hall–Kier alpha value is 0. The molecular weight excluding hydrogens is 733 g/mol. The Morgan fingerprint density at radius 3 is 0.803 bits per heavy atom. The van der Waals surface area contributed by atoms with E-state index in [0.717, 1.165) is 85.0 Å². The average molecular weight is 900 g/mol. The number of rotatable bonds is 14. The molecule has 6 aliphatic rings. The van der Waals surface area contributed by atoms with Crippen LogP contribution in [-0.4, -0.2) is 0 Å². The molecule has 0 spiro atoms. The highest BCUT2D eigenvalue weighted by Crippen LogP contribution is 2.48. The highest BCUT2D eigenvalue weighted by molar-refractivity contribution is 4.86. The first-order valence-electron chi connectivity index (χ1n) is 45.1. The summed E-state index contributed by atoms with van der Waals surface area (Å²) in [6, 6.07) is 0. The van der Waals surface area contributed by atoms with Crippen molar-refractivity contribution >= 4 is 0 Å². The van der Waals surface area contributed by atoms with Crippen molar-refractivity contribution in [3.8, 4) is 0 Å². The van der Waals surface area contributed by atoms with Gasteiger partial charge >= 0.3 is 0 Å². The molecule has 0 aromatic carbocycles. The van der Waals surface area contributed by atoms with Crippen molar-refractivity contribution in [1.82, 2.24) is 0 Å². The lowest BCUT2D eigenvalue weighted by atomic mass is 9.68. The zero-order valence-electron chi connectivity index (χ0n) is 85.2. The lowest BCUT2D eigenvalue weighted by molar-refractivity contribution is 0.143. The summed E-state index contributed by atoms with van der Waals surface area (Å²) < 4.78 is 350. The van der Waals surface area contributed by atoms with Gasteiger partial charge in [-0.05, 0) is 134 Å². The molecule has 1 atom stereocenters. The van der Waals surface area contributed by atoms with Crippen molar-refractivity contribution < 1.29 is 60.3 Å². The van der Waals surface area contributed by atoms with E-state index >= 15 is 0 Å². The zero-order chi connectivity index (χ0) is 85.2. The Kier molecular flexibility index (Phi) is 10.4. The lowest BCUT2D eigenvalue weighted by Crippen LogP contribution is -2.25. The quantitative estimate of drug-likeness (QED) is 0.163. The Balaban J connectivity index is 0.000000638. The van der Waals surface area contributed by atoms with Crippen LogP contribution < -0.4 is 0 Å². The molecule has 0 aromatic rings. The molecule has 61 heavy (non-hydrogen) atoms.